The van der Waals surface area contributed by atoms with Crippen molar-refractivity contribution in [3.05, 3.63) is 53.2 Å². The van der Waals surface area contributed by atoms with Gasteiger partial charge in [0.25, 0.3) is 0 Å². The minimum Gasteiger partial charge on any atom is -0.377 e. The van der Waals surface area contributed by atoms with Gasteiger partial charge in [-0.3, -0.25) is 4.98 Å². The van der Waals surface area contributed by atoms with Crippen LogP contribution in [0.1, 0.15) is 24.2 Å². The molecule has 0 radical (unpaired) electrons. The van der Waals surface area contributed by atoms with Crippen LogP contribution in [0.15, 0.2) is 37.1 Å². The Labute approximate surface area is 165 Å². The van der Waals surface area contributed by atoms with Gasteiger partial charge in [0.2, 0.25) is 0 Å². The molecule has 28 heavy (non-hydrogen) atoms. The van der Waals surface area contributed by atoms with Gasteiger partial charge in [0.1, 0.15) is 6.07 Å². The number of methoxy groups -OCH3 is 1. The van der Waals surface area contributed by atoms with Gasteiger partial charge in [0.05, 0.1) is 52.9 Å². The summed E-state index contributed by atoms with van der Waals surface area (Å²) in [5, 5.41) is 22.8. The van der Waals surface area contributed by atoms with Crippen molar-refractivity contribution in [1.82, 2.24) is 25.0 Å². The van der Waals surface area contributed by atoms with Crippen LogP contribution in [0.3, 0.4) is 0 Å². The lowest BCUT2D eigenvalue weighted by atomic mass is 10.0. The SMILES string of the molecule is COC(C)c1c(C#N)cncc1NC(=O)Nc1cnc(-n2nccn2)c(Cl)c1. The number of amides is 2. The largest absolute Gasteiger partial charge is 0.377 e. The Morgan fingerprint density at radius 2 is 2.04 bits per heavy atom. The van der Waals surface area contributed by atoms with Gasteiger partial charge < -0.3 is 15.4 Å². The quantitative estimate of drug-likeness (QED) is 0.675. The molecule has 0 bridgehead atoms. The average Bonchev–Trinajstić information content (AvgIpc) is 3.21. The molecular weight excluding hydrogens is 384 g/mol. The number of nitriles is 1. The number of pyridine rings is 2. The number of halogens is 1. The first-order chi connectivity index (χ1) is 13.5. The van der Waals surface area contributed by atoms with Gasteiger partial charge in [-0.05, 0) is 13.0 Å². The summed E-state index contributed by atoms with van der Waals surface area (Å²) in [6.07, 6.45) is 6.87. The molecule has 0 spiro atoms. The van der Waals surface area contributed by atoms with Crippen LogP contribution in [0.2, 0.25) is 5.02 Å². The minimum absolute atomic E-state index is 0.260. The van der Waals surface area contributed by atoms with Crippen molar-refractivity contribution >= 4 is 29.0 Å². The Balaban J connectivity index is 1.78. The van der Waals surface area contributed by atoms with E-state index in [0.717, 1.165) is 0 Å². The molecule has 0 aliphatic heterocycles. The number of hydrogen-bond donors (Lipinski definition) is 2. The van der Waals surface area contributed by atoms with E-state index in [1.165, 1.54) is 49.0 Å². The van der Waals surface area contributed by atoms with Gasteiger partial charge in [0.15, 0.2) is 5.82 Å². The molecule has 3 heterocycles. The average molecular weight is 399 g/mol. The van der Waals surface area contributed by atoms with E-state index in [2.05, 4.69) is 30.8 Å². The third-order valence-corrected chi connectivity index (χ3v) is 4.08. The number of anilines is 2. The zero-order chi connectivity index (χ0) is 20.1. The summed E-state index contributed by atoms with van der Waals surface area (Å²) in [5.74, 6) is 0.333. The fourth-order valence-corrected chi connectivity index (χ4v) is 2.71. The molecule has 0 saturated carbocycles. The van der Waals surface area contributed by atoms with Crippen LogP contribution in [0.25, 0.3) is 5.82 Å². The van der Waals surface area contributed by atoms with Gasteiger partial charge >= 0.3 is 6.03 Å². The molecule has 2 amide bonds. The van der Waals surface area contributed by atoms with Crippen molar-refractivity contribution in [3.63, 3.8) is 0 Å². The Morgan fingerprint density at radius 3 is 2.68 bits per heavy atom. The summed E-state index contributed by atoms with van der Waals surface area (Å²) in [7, 11) is 1.51. The van der Waals surface area contributed by atoms with E-state index in [9.17, 15) is 10.1 Å². The monoisotopic (exact) mass is 398 g/mol. The molecular formula is C17H15ClN8O2. The van der Waals surface area contributed by atoms with Gasteiger partial charge in [-0.15, -0.1) is 4.80 Å². The van der Waals surface area contributed by atoms with Crippen molar-refractivity contribution in [1.29, 1.82) is 5.26 Å². The Hall–Kier alpha value is -3.55. The van der Waals surface area contributed by atoms with Crippen LogP contribution < -0.4 is 10.6 Å². The molecule has 3 aromatic rings. The number of carbonyl (C=O) groups excluding carboxylic acids is 1. The Kier molecular flexibility index (Phi) is 5.78. The van der Waals surface area contributed by atoms with E-state index in [-0.39, 0.29) is 5.02 Å². The van der Waals surface area contributed by atoms with Gasteiger partial charge in [-0.1, -0.05) is 11.6 Å². The van der Waals surface area contributed by atoms with E-state index >= 15 is 0 Å². The summed E-state index contributed by atoms with van der Waals surface area (Å²) in [5.41, 5.74) is 1.57. The molecule has 3 aromatic heterocycles. The second-order valence-electron chi connectivity index (χ2n) is 5.57. The number of nitrogens with one attached hydrogen (secondary N) is 2. The molecule has 0 fully saturated rings. The van der Waals surface area contributed by atoms with Crippen molar-refractivity contribution in [2.75, 3.05) is 17.7 Å². The fraction of sp³-hybridized carbons (Fsp3) is 0.176. The molecule has 0 saturated heterocycles. The van der Waals surface area contributed by atoms with Crippen LogP contribution in [-0.2, 0) is 4.74 Å². The highest BCUT2D eigenvalue weighted by Gasteiger charge is 2.18. The first-order valence-electron chi connectivity index (χ1n) is 8.04. The molecule has 1 unspecified atom stereocenters. The summed E-state index contributed by atoms with van der Waals surface area (Å²) in [6, 6.07) is 3.02. The number of ether oxygens (including phenoxy) is 1. The van der Waals surface area contributed by atoms with Gasteiger partial charge in [-0.25, -0.2) is 9.78 Å². The third-order valence-electron chi connectivity index (χ3n) is 3.80. The van der Waals surface area contributed by atoms with Crippen molar-refractivity contribution in [3.8, 4) is 11.9 Å². The highest BCUT2D eigenvalue weighted by molar-refractivity contribution is 6.32. The maximum Gasteiger partial charge on any atom is 0.323 e. The molecule has 1 atom stereocenters. The maximum absolute atomic E-state index is 12.4. The molecule has 142 valence electrons. The minimum atomic E-state index is -0.552. The molecule has 2 N–H and O–H groups in total. The number of aromatic nitrogens is 5. The molecule has 0 aliphatic rings. The summed E-state index contributed by atoms with van der Waals surface area (Å²) in [4.78, 5) is 21.8. The van der Waals surface area contributed by atoms with E-state index < -0.39 is 12.1 Å². The predicted molar refractivity (Wildman–Crippen MR) is 101 cm³/mol. The number of hydrogen-bond acceptors (Lipinski definition) is 7. The summed E-state index contributed by atoms with van der Waals surface area (Å²) < 4.78 is 5.29. The molecule has 0 aliphatic carbocycles. The fourth-order valence-electron chi connectivity index (χ4n) is 2.47. The van der Waals surface area contributed by atoms with E-state index in [1.54, 1.807) is 6.92 Å². The van der Waals surface area contributed by atoms with E-state index in [1.807, 2.05) is 6.07 Å². The Bertz CT molecular complexity index is 1030. The first kappa shape index (κ1) is 19.2. The van der Waals surface area contributed by atoms with Crippen LogP contribution in [0, 0.1) is 11.3 Å². The molecule has 0 aromatic carbocycles. The van der Waals surface area contributed by atoms with Crippen LogP contribution >= 0.6 is 11.6 Å². The Morgan fingerprint density at radius 1 is 1.29 bits per heavy atom. The van der Waals surface area contributed by atoms with Crippen molar-refractivity contribution < 1.29 is 9.53 Å². The standard InChI is InChI=1S/C17H15ClN8O2/c1-10(28-2)15-11(6-19)7-20-9-14(15)25-17(27)24-12-5-13(18)16(21-8-12)26-22-3-4-23-26/h3-5,7-10H,1-2H3,(H2,24,25,27). The normalized spacial score (nSPS) is 11.5. The summed E-state index contributed by atoms with van der Waals surface area (Å²) >= 11 is 6.19. The molecule has 3 rings (SSSR count). The highest BCUT2D eigenvalue weighted by atomic mass is 35.5. The topological polar surface area (TPSA) is 131 Å². The van der Waals surface area contributed by atoms with E-state index in [4.69, 9.17) is 16.3 Å². The lowest BCUT2D eigenvalue weighted by Gasteiger charge is -2.17. The highest BCUT2D eigenvalue weighted by Crippen LogP contribution is 2.28. The predicted octanol–water partition coefficient (Wildman–Crippen LogP) is 2.93. The lowest BCUT2D eigenvalue weighted by molar-refractivity contribution is 0.120. The van der Waals surface area contributed by atoms with Crippen LogP contribution in [-0.4, -0.2) is 38.1 Å². The number of urea groups is 1. The lowest BCUT2D eigenvalue weighted by Crippen LogP contribution is -2.21. The summed E-state index contributed by atoms with van der Waals surface area (Å²) in [6.45, 7) is 1.77. The first-order valence-corrected chi connectivity index (χ1v) is 8.42. The number of carbonyl (C=O) groups is 1. The smallest absolute Gasteiger partial charge is 0.323 e. The third kappa shape index (κ3) is 4.06. The van der Waals surface area contributed by atoms with Gasteiger partial charge in [0, 0.05) is 18.9 Å². The van der Waals surface area contributed by atoms with E-state index in [0.29, 0.717) is 28.3 Å². The van der Waals surface area contributed by atoms with Gasteiger partial charge in [-0.2, -0.15) is 15.5 Å². The maximum atomic E-state index is 12.4. The molecule has 10 nitrogen and oxygen atoms in total. The zero-order valence-electron chi connectivity index (χ0n) is 14.9. The number of nitrogens with zero attached hydrogens (tertiary/aromatic N) is 6. The van der Waals surface area contributed by atoms with Crippen LogP contribution in [0.5, 0.6) is 0 Å². The van der Waals surface area contributed by atoms with Crippen LogP contribution in [0.4, 0.5) is 16.2 Å². The number of rotatable bonds is 5. The zero-order valence-corrected chi connectivity index (χ0v) is 15.7. The molecule has 11 heteroatoms. The second kappa shape index (κ2) is 8.43. The second-order valence-corrected chi connectivity index (χ2v) is 5.97. The van der Waals surface area contributed by atoms with Crippen molar-refractivity contribution in [2.45, 2.75) is 13.0 Å². The van der Waals surface area contributed by atoms with Crippen molar-refractivity contribution in [2.24, 2.45) is 0 Å².